The number of carbonyl (C=O) groups is 1. The largest absolute Gasteiger partial charge is 0.467 e. The summed E-state index contributed by atoms with van der Waals surface area (Å²) in [4.78, 5) is 16.2. The fraction of sp³-hybridized carbons (Fsp3) is 0.500. The fourth-order valence-corrected chi connectivity index (χ4v) is 4.27. The van der Waals surface area contributed by atoms with Crippen molar-refractivity contribution in [2.75, 3.05) is 7.11 Å². The summed E-state index contributed by atoms with van der Waals surface area (Å²) in [6.45, 7) is 7.51. The molecule has 0 aromatic heterocycles. The number of carbonyl (C=O) groups excluding carboxylic acids is 1. The SMILES string of the molecule is COC(=O)[C@H]1N=CN(S(=O)(=O)c2ccc(C)cc2)[C@@H]1C(C)(C)C. The second kappa shape index (κ2) is 5.96. The van der Waals surface area contributed by atoms with Crippen LogP contribution in [0, 0.1) is 12.3 Å². The Kier molecular flexibility index (Phi) is 4.52. The van der Waals surface area contributed by atoms with Crippen LogP contribution >= 0.6 is 0 Å². The molecule has 0 saturated heterocycles. The lowest BCUT2D eigenvalue weighted by atomic mass is 9.83. The normalized spacial score (nSPS) is 21.5. The average molecular weight is 338 g/mol. The lowest BCUT2D eigenvalue weighted by Gasteiger charge is -2.36. The Morgan fingerprint density at radius 2 is 1.78 bits per heavy atom. The van der Waals surface area contributed by atoms with Gasteiger partial charge in [0.15, 0.2) is 6.04 Å². The Morgan fingerprint density at radius 3 is 2.26 bits per heavy atom. The van der Waals surface area contributed by atoms with E-state index in [2.05, 4.69) is 4.99 Å². The lowest BCUT2D eigenvalue weighted by Crippen LogP contribution is -2.51. The third-order valence-electron chi connectivity index (χ3n) is 3.84. The number of esters is 1. The number of sulfonamides is 1. The van der Waals surface area contributed by atoms with Gasteiger partial charge in [-0.15, -0.1) is 0 Å². The minimum Gasteiger partial charge on any atom is -0.467 e. The standard InChI is InChI=1S/C16H22N2O4S/c1-11-6-8-12(9-7-11)23(20,21)18-10-17-13(15(19)22-5)14(18)16(2,3)4/h6-10,13-14H,1-5H3/t13-,14-/m0/s1. The van der Waals surface area contributed by atoms with Crippen LogP contribution in [0.3, 0.4) is 0 Å². The van der Waals surface area contributed by atoms with Crippen LogP contribution in [0.2, 0.25) is 0 Å². The smallest absolute Gasteiger partial charge is 0.332 e. The van der Waals surface area contributed by atoms with Gasteiger partial charge in [0.2, 0.25) is 0 Å². The third-order valence-corrected chi connectivity index (χ3v) is 5.59. The Labute approximate surface area is 137 Å². The maximum absolute atomic E-state index is 12.9. The van der Waals surface area contributed by atoms with Crippen molar-refractivity contribution < 1.29 is 17.9 Å². The number of hydrogen-bond acceptors (Lipinski definition) is 5. The van der Waals surface area contributed by atoms with Gasteiger partial charge in [0.1, 0.15) is 6.34 Å². The molecule has 0 aliphatic carbocycles. The molecule has 0 radical (unpaired) electrons. The van der Waals surface area contributed by atoms with Crippen molar-refractivity contribution >= 4 is 22.3 Å². The zero-order valence-electron chi connectivity index (χ0n) is 14.0. The van der Waals surface area contributed by atoms with Crippen molar-refractivity contribution in [1.29, 1.82) is 0 Å². The van der Waals surface area contributed by atoms with E-state index >= 15 is 0 Å². The molecule has 1 aromatic rings. The third kappa shape index (κ3) is 3.24. The van der Waals surface area contributed by atoms with Crippen molar-refractivity contribution in [2.24, 2.45) is 10.4 Å². The lowest BCUT2D eigenvalue weighted by molar-refractivity contribution is -0.143. The molecular weight excluding hydrogens is 316 g/mol. The van der Waals surface area contributed by atoms with E-state index in [1.165, 1.54) is 17.8 Å². The summed E-state index contributed by atoms with van der Waals surface area (Å²) in [5.41, 5.74) is 0.478. The number of nitrogens with zero attached hydrogens (tertiary/aromatic N) is 2. The van der Waals surface area contributed by atoms with Crippen LogP contribution in [-0.4, -0.2) is 44.2 Å². The van der Waals surface area contributed by atoms with Gasteiger partial charge in [-0.1, -0.05) is 38.5 Å². The van der Waals surface area contributed by atoms with E-state index in [9.17, 15) is 13.2 Å². The molecule has 0 spiro atoms. The summed E-state index contributed by atoms with van der Waals surface area (Å²) in [7, 11) is -2.51. The molecule has 0 saturated carbocycles. The monoisotopic (exact) mass is 338 g/mol. The van der Waals surface area contributed by atoms with Gasteiger partial charge in [-0.2, -0.15) is 0 Å². The Bertz CT molecular complexity index is 717. The van der Waals surface area contributed by atoms with Crippen LogP contribution in [0.4, 0.5) is 0 Å². The molecule has 0 amide bonds. The maximum atomic E-state index is 12.9. The highest BCUT2D eigenvalue weighted by atomic mass is 32.2. The Morgan fingerprint density at radius 1 is 1.22 bits per heavy atom. The summed E-state index contributed by atoms with van der Waals surface area (Å²) < 4.78 is 31.8. The fourth-order valence-electron chi connectivity index (χ4n) is 2.64. The van der Waals surface area contributed by atoms with Gasteiger partial charge in [-0.3, -0.25) is 9.30 Å². The molecule has 23 heavy (non-hydrogen) atoms. The minimum atomic E-state index is -3.79. The van der Waals surface area contributed by atoms with Crippen molar-refractivity contribution in [3.63, 3.8) is 0 Å². The van der Waals surface area contributed by atoms with E-state index in [1.54, 1.807) is 24.3 Å². The number of hydrogen-bond donors (Lipinski definition) is 0. The van der Waals surface area contributed by atoms with Gasteiger partial charge >= 0.3 is 5.97 Å². The number of methoxy groups -OCH3 is 1. The molecule has 2 atom stereocenters. The van der Waals surface area contributed by atoms with E-state index in [0.717, 1.165) is 5.56 Å². The molecule has 0 bridgehead atoms. The average Bonchev–Trinajstić information content (AvgIpc) is 2.92. The van der Waals surface area contributed by atoms with Crippen LogP contribution in [-0.2, 0) is 19.6 Å². The van der Waals surface area contributed by atoms with Gasteiger partial charge in [0.05, 0.1) is 18.0 Å². The zero-order chi connectivity index (χ0) is 17.4. The molecule has 2 rings (SSSR count). The number of aliphatic imine (C=N–C) groups is 1. The van der Waals surface area contributed by atoms with Crippen LogP contribution in [0.5, 0.6) is 0 Å². The summed E-state index contributed by atoms with van der Waals surface area (Å²) in [6.07, 6.45) is 1.23. The molecule has 6 nitrogen and oxygen atoms in total. The maximum Gasteiger partial charge on any atom is 0.332 e. The summed E-state index contributed by atoms with van der Waals surface area (Å²) in [5, 5.41) is 0. The van der Waals surface area contributed by atoms with E-state index in [0.29, 0.717) is 0 Å². The first kappa shape index (κ1) is 17.5. The predicted molar refractivity (Wildman–Crippen MR) is 87.7 cm³/mol. The molecule has 0 fully saturated rings. The van der Waals surface area contributed by atoms with Gasteiger partial charge in [0.25, 0.3) is 10.0 Å². The molecule has 1 aliphatic heterocycles. The second-order valence-corrected chi connectivity index (χ2v) is 8.53. The van der Waals surface area contributed by atoms with E-state index in [-0.39, 0.29) is 4.90 Å². The predicted octanol–water partition coefficient (Wildman–Crippen LogP) is 1.98. The van der Waals surface area contributed by atoms with E-state index in [4.69, 9.17) is 4.74 Å². The molecule has 0 unspecified atom stereocenters. The highest BCUT2D eigenvalue weighted by Crippen LogP contribution is 2.35. The van der Waals surface area contributed by atoms with Crippen molar-refractivity contribution in [1.82, 2.24) is 4.31 Å². The molecular formula is C16H22N2O4S. The quantitative estimate of drug-likeness (QED) is 0.790. The van der Waals surface area contributed by atoms with Crippen molar-refractivity contribution in [3.05, 3.63) is 29.8 Å². The number of aryl methyl sites for hydroxylation is 1. The summed E-state index contributed by atoms with van der Waals surface area (Å²) in [6, 6.07) is 5.10. The topological polar surface area (TPSA) is 76.0 Å². The zero-order valence-corrected chi connectivity index (χ0v) is 14.8. The summed E-state index contributed by atoms with van der Waals surface area (Å²) in [5.74, 6) is -0.539. The number of ether oxygens (including phenoxy) is 1. The van der Waals surface area contributed by atoms with Crippen LogP contribution < -0.4 is 0 Å². The molecule has 1 heterocycles. The molecule has 126 valence electrons. The first-order valence-electron chi connectivity index (χ1n) is 7.30. The highest BCUT2D eigenvalue weighted by molar-refractivity contribution is 7.89. The molecule has 1 aliphatic rings. The van der Waals surface area contributed by atoms with Crippen molar-refractivity contribution in [3.8, 4) is 0 Å². The van der Waals surface area contributed by atoms with Gasteiger partial charge in [0, 0.05) is 0 Å². The van der Waals surface area contributed by atoms with Crippen LogP contribution in [0.25, 0.3) is 0 Å². The summed E-state index contributed by atoms with van der Waals surface area (Å²) >= 11 is 0. The van der Waals surface area contributed by atoms with Crippen LogP contribution in [0.1, 0.15) is 26.3 Å². The minimum absolute atomic E-state index is 0.175. The van der Waals surface area contributed by atoms with Crippen LogP contribution in [0.15, 0.2) is 34.2 Å². The number of rotatable bonds is 3. The Hall–Kier alpha value is -1.89. The van der Waals surface area contributed by atoms with Crippen molar-refractivity contribution in [2.45, 2.75) is 44.7 Å². The van der Waals surface area contributed by atoms with E-state index in [1.807, 2.05) is 27.7 Å². The molecule has 7 heteroatoms. The Balaban J connectivity index is 2.47. The van der Waals surface area contributed by atoms with Gasteiger partial charge in [-0.25, -0.2) is 13.2 Å². The molecule has 0 N–H and O–H groups in total. The van der Waals surface area contributed by atoms with Gasteiger partial charge in [-0.05, 0) is 24.5 Å². The van der Waals surface area contributed by atoms with Gasteiger partial charge < -0.3 is 4.74 Å². The van der Waals surface area contributed by atoms with E-state index < -0.39 is 33.5 Å². The molecule has 1 aromatic carbocycles. The second-order valence-electron chi connectivity index (χ2n) is 6.69. The number of benzene rings is 1. The first-order chi connectivity index (χ1) is 10.6. The highest BCUT2D eigenvalue weighted by Gasteiger charge is 2.48. The first-order valence-corrected chi connectivity index (χ1v) is 8.74.